The van der Waals surface area contributed by atoms with Gasteiger partial charge in [-0.3, -0.25) is 0 Å². The van der Waals surface area contributed by atoms with E-state index in [1.807, 2.05) is 12.1 Å². The standard InChI is InChI=1S/C13H20N2/c1-2-3-11-8-13(11)15-9-10-4-6-12(14)7-5-10/h4-7,11,13,15H,2-3,8-9,14H2,1H3. The van der Waals surface area contributed by atoms with E-state index in [1.54, 1.807) is 0 Å². The zero-order chi connectivity index (χ0) is 10.7. The van der Waals surface area contributed by atoms with Gasteiger partial charge in [0.15, 0.2) is 0 Å². The maximum Gasteiger partial charge on any atom is 0.0314 e. The second-order valence-corrected chi connectivity index (χ2v) is 4.51. The maximum absolute atomic E-state index is 5.64. The smallest absolute Gasteiger partial charge is 0.0314 e. The first-order valence-electron chi connectivity index (χ1n) is 5.87. The van der Waals surface area contributed by atoms with E-state index in [0.29, 0.717) is 0 Å². The molecule has 0 aliphatic heterocycles. The van der Waals surface area contributed by atoms with Crippen molar-refractivity contribution in [1.82, 2.24) is 5.32 Å². The molecular formula is C13H20N2. The van der Waals surface area contributed by atoms with Crippen LogP contribution in [0.25, 0.3) is 0 Å². The summed E-state index contributed by atoms with van der Waals surface area (Å²) >= 11 is 0. The number of anilines is 1. The predicted molar refractivity (Wildman–Crippen MR) is 64.5 cm³/mol. The molecule has 2 atom stereocenters. The molecule has 1 aliphatic carbocycles. The highest BCUT2D eigenvalue weighted by molar-refractivity contribution is 5.39. The molecule has 3 N–H and O–H groups in total. The van der Waals surface area contributed by atoms with Gasteiger partial charge in [0.1, 0.15) is 0 Å². The van der Waals surface area contributed by atoms with Crippen LogP contribution in [0, 0.1) is 5.92 Å². The summed E-state index contributed by atoms with van der Waals surface area (Å²) in [5, 5.41) is 3.59. The molecule has 0 radical (unpaired) electrons. The third-order valence-electron chi connectivity index (χ3n) is 3.13. The lowest BCUT2D eigenvalue weighted by Crippen LogP contribution is -2.17. The van der Waals surface area contributed by atoms with Gasteiger partial charge in [-0.1, -0.05) is 25.5 Å². The average Bonchev–Trinajstić information content (AvgIpc) is 2.97. The first-order chi connectivity index (χ1) is 7.29. The normalized spacial score (nSPS) is 24.1. The first-order valence-corrected chi connectivity index (χ1v) is 5.87. The van der Waals surface area contributed by atoms with Crippen LogP contribution in [-0.4, -0.2) is 6.04 Å². The van der Waals surface area contributed by atoms with Gasteiger partial charge in [0.05, 0.1) is 0 Å². The van der Waals surface area contributed by atoms with Gasteiger partial charge in [-0.05, 0) is 36.5 Å². The molecule has 15 heavy (non-hydrogen) atoms. The highest BCUT2D eigenvalue weighted by Crippen LogP contribution is 2.34. The van der Waals surface area contributed by atoms with Crippen LogP contribution in [0.3, 0.4) is 0 Å². The van der Waals surface area contributed by atoms with Crippen LogP contribution in [0.15, 0.2) is 24.3 Å². The fourth-order valence-electron chi connectivity index (χ4n) is 2.07. The molecule has 0 amide bonds. The minimum Gasteiger partial charge on any atom is -0.399 e. The lowest BCUT2D eigenvalue weighted by molar-refractivity contribution is 0.599. The molecule has 0 heterocycles. The van der Waals surface area contributed by atoms with Crippen molar-refractivity contribution in [2.75, 3.05) is 5.73 Å². The van der Waals surface area contributed by atoms with Gasteiger partial charge in [-0.25, -0.2) is 0 Å². The minimum absolute atomic E-state index is 0.766. The molecule has 2 rings (SSSR count). The zero-order valence-electron chi connectivity index (χ0n) is 9.37. The summed E-state index contributed by atoms with van der Waals surface area (Å²) < 4.78 is 0. The van der Waals surface area contributed by atoms with Crippen LogP contribution < -0.4 is 11.1 Å². The third-order valence-corrected chi connectivity index (χ3v) is 3.13. The first kappa shape index (κ1) is 10.5. The lowest BCUT2D eigenvalue weighted by Gasteiger charge is -2.04. The van der Waals surface area contributed by atoms with Gasteiger partial charge in [-0.15, -0.1) is 0 Å². The molecule has 0 bridgehead atoms. The van der Waals surface area contributed by atoms with Crippen molar-refractivity contribution in [3.63, 3.8) is 0 Å². The maximum atomic E-state index is 5.64. The quantitative estimate of drug-likeness (QED) is 0.723. The zero-order valence-corrected chi connectivity index (χ0v) is 9.37. The molecular weight excluding hydrogens is 184 g/mol. The van der Waals surface area contributed by atoms with Gasteiger partial charge in [0, 0.05) is 18.3 Å². The Bertz CT molecular complexity index is 305. The Morgan fingerprint density at radius 2 is 2.07 bits per heavy atom. The lowest BCUT2D eigenvalue weighted by atomic mass is 10.2. The summed E-state index contributed by atoms with van der Waals surface area (Å²) in [6.45, 7) is 3.24. The monoisotopic (exact) mass is 204 g/mol. The highest BCUT2D eigenvalue weighted by Gasteiger charge is 2.35. The Morgan fingerprint density at radius 1 is 1.33 bits per heavy atom. The molecule has 1 saturated carbocycles. The van der Waals surface area contributed by atoms with E-state index in [-0.39, 0.29) is 0 Å². The van der Waals surface area contributed by atoms with Crippen LogP contribution >= 0.6 is 0 Å². The average molecular weight is 204 g/mol. The summed E-state index contributed by atoms with van der Waals surface area (Å²) in [5.41, 5.74) is 7.80. The van der Waals surface area contributed by atoms with E-state index in [9.17, 15) is 0 Å². The Balaban J connectivity index is 1.73. The SMILES string of the molecule is CCCC1CC1NCc1ccc(N)cc1. The fraction of sp³-hybridized carbons (Fsp3) is 0.538. The second kappa shape index (κ2) is 4.67. The molecule has 82 valence electrons. The molecule has 1 aromatic carbocycles. The molecule has 1 aromatic rings. The second-order valence-electron chi connectivity index (χ2n) is 4.51. The summed E-state index contributed by atoms with van der Waals surface area (Å²) in [6, 6.07) is 8.89. The highest BCUT2D eigenvalue weighted by atomic mass is 15.0. The van der Waals surface area contributed by atoms with Gasteiger partial charge >= 0.3 is 0 Å². The predicted octanol–water partition coefficient (Wildman–Crippen LogP) is 2.55. The van der Waals surface area contributed by atoms with E-state index in [1.165, 1.54) is 24.8 Å². The number of hydrogen-bond donors (Lipinski definition) is 2. The minimum atomic E-state index is 0.766. The molecule has 0 spiro atoms. The summed E-state index contributed by atoms with van der Waals surface area (Å²) in [7, 11) is 0. The number of nitrogen functional groups attached to an aromatic ring is 1. The van der Waals surface area contributed by atoms with Crippen LogP contribution in [-0.2, 0) is 6.54 Å². The van der Waals surface area contributed by atoms with Crippen molar-refractivity contribution < 1.29 is 0 Å². The molecule has 1 fully saturated rings. The van der Waals surface area contributed by atoms with Crippen molar-refractivity contribution in [3.8, 4) is 0 Å². The van der Waals surface area contributed by atoms with Crippen molar-refractivity contribution in [3.05, 3.63) is 29.8 Å². The third kappa shape index (κ3) is 2.96. The van der Waals surface area contributed by atoms with Crippen LogP contribution in [0.5, 0.6) is 0 Å². The summed E-state index contributed by atoms with van der Waals surface area (Å²) in [6.07, 6.45) is 4.05. The fourth-order valence-corrected chi connectivity index (χ4v) is 2.07. The largest absolute Gasteiger partial charge is 0.399 e. The van der Waals surface area contributed by atoms with Crippen LogP contribution in [0.1, 0.15) is 31.7 Å². The number of hydrogen-bond acceptors (Lipinski definition) is 2. The number of rotatable bonds is 5. The van der Waals surface area contributed by atoms with Crippen molar-refractivity contribution in [2.24, 2.45) is 5.92 Å². The van der Waals surface area contributed by atoms with Crippen molar-refractivity contribution in [1.29, 1.82) is 0 Å². The van der Waals surface area contributed by atoms with Crippen LogP contribution in [0.4, 0.5) is 5.69 Å². The Kier molecular flexibility index (Phi) is 3.27. The Morgan fingerprint density at radius 3 is 2.73 bits per heavy atom. The molecule has 0 aromatic heterocycles. The molecule has 2 heteroatoms. The van der Waals surface area contributed by atoms with E-state index >= 15 is 0 Å². The summed E-state index contributed by atoms with van der Waals surface area (Å²) in [4.78, 5) is 0. The van der Waals surface area contributed by atoms with Gasteiger partial charge in [-0.2, -0.15) is 0 Å². The molecule has 2 nitrogen and oxygen atoms in total. The van der Waals surface area contributed by atoms with E-state index in [4.69, 9.17) is 5.73 Å². The topological polar surface area (TPSA) is 38.0 Å². The van der Waals surface area contributed by atoms with E-state index in [2.05, 4.69) is 24.4 Å². The van der Waals surface area contributed by atoms with Crippen molar-refractivity contribution in [2.45, 2.75) is 38.8 Å². The van der Waals surface area contributed by atoms with Gasteiger partial charge in [0.25, 0.3) is 0 Å². The van der Waals surface area contributed by atoms with E-state index < -0.39 is 0 Å². The van der Waals surface area contributed by atoms with E-state index in [0.717, 1.165) is 24.2 Å². The molecule has 2 unspecified atom stereocenters. The number of nitrogens with one attached hydrogen (secondary N) is 1. The van der Waals surface area contributed by atoms with Crippen LogP contribution in [0.2, 0.25) is 0 Å². The molecule has 0 saturated heterocycles. The molecule has 1 aliphatic rings. The van der Waals surface area contributed by atoms with Crippen molar-refractivity contribution >= 4 is 5.69 Å². The van der Waals surface area contributed by atoms with Gasteiger partial charge < -0.3 is 11.1 Å². The van der Waals surface area contributed by atoms with Gasteiger partial charge in [0.2, 0.25) is 0 Å². The number of benzene rings is 1. The number of nitrogens with two attached hydrogens (primary N) is 1. The summed E-state index contributed by atoms with van der Waals surface area (Å²) in [5.74, 6) is 0.934. The Hall–Kier alpha value is -1.02. The Labute approximate surface area is 91.9 Å².